The van der Waals surface area contributed by atoms with E-state index in [0.717, 1.165) is 35.3 Å². The average molecular weight is 537 g/mol. The minimum absolute atomic E-state index is 0.155. The van der Waals surface area contributed by atoms with Crippen molar-refractivity contribution in [2.24, 2.45) is 22.0 Å². The van der Waals surface area contributed by atoms with Crippen LogP contribution < -0.4 is 14.8 Å². The SMILES string of the molecule is CCCCOc1cccc(C(C2C(=O)N(c3ccc(C)cc3)N=C2C)C2C(=O)N(c3ccc(C)cc3)N=C2C)c1. The molecule has 2 aliphatic rings. The largest absolute Gasteiger partial charge is 0.494 e. The summed E-state index contributed by atoms with van der Waals surface area (Å²) < 4.78 is 6.02. The predicted molar refractivity (Wildman–Crippen MR) is 160 cm³/mol. The number of nitrogens with zero attached hydrogens (tertiary/aromatic N) is 4. The van der Waals surface area contributed by atoms with E-state index in [2.05, 4.69) is 6.92 Å². The Bertz CT molecular complexity index is 1370. The predicted octanol–water partition coefficient (Wildman–Crippen LogP) is 6.64. The molecule has 2 unspecified atom stereocenters. The number of anilines is 2. The highest BCUT2D eigenvalue weighted by Crippen LogP contribution is 2.43. The lowest BCUT2D eigenvalue weighted by atomic mass is 9.73. The Labute approximate surface area is 236 Å². The van der Waals surface area contributed by atoms with Gasteiger partial charge in [0, 0.05) is 17.3 Å². The van der Waals surface area contributed by atoms with Crippen molar-refractivity contribution < 1.29 is 14.3 Å². The first kappa shape index (κ1) is 27.3. The Hall–Kier alpha value is -4.26. The Morgan fingerprint density at radius 1 is 0.750 bits per heavy atom. The van der Waals surface area contributed by atoms with Crippen LogP contribution >= 0.6 is 0 Å². The van der Waals surface area contributed by atoms with Crippen LogP contribution in [0.3, 0.4) is 0 Å². The van der Waals surface area contributed by atoms with Crippen molar-refractivity contribution in [3.8, 4) is 5.75 Å². The number of benzene rings is 3. The number of hydrogen-bond donors (Lipinski definition) is 0. The number of hydrazone groups is 2. The molecule has 2 amide bonds. The van der Waals surface area contributed by atoms with Crippen molar-refractivity contribution in [2.75, 3.05) is 16.6 Å². The van der Waals surface area contributed by atoms with Crippen LogP contribution in [0.4, 0.5) is 11.4 Å². The number of unbranched alkanes of at least 4 members (excludes halogenated alkanes) is 1. The molecular formula is C33H36N4O3. The fourth-order valence-electron chi connectivity index (χ4n) is 5.45. The summed E-state index contributed by atoms with van der Waals surface area (Å²) in [5.74, 6) is -1.36. The van der Waals surface area contributed by atoms with Crippen molar-refractivity contribution in [1.29, 1.82) is 0 Å². The highest BCUT2D eigenvalue weighted by atomic mass is 16.5. The standard InChI is InChI=1S/C33H36N4O3/c1-6-7-19-40-28-10-8-9-25(20-28)31(29-23(4)34-36(32(29)38)26-15-11-21(2)12-16-26)30-24(5)35-37(33(30)39)27-17-13-22(3)14-18-27/h8-18,20,29-31H,6-7,19H2,1-5H3. The quantitative estimate of drug-likeness (QED) is 0.288. The summed E-state index contributed by atoms with van der Waals surface area (Å²) in [7, 11) is 0. The van der Waals surface area contributed by atoms with Crippen molar-refractivity contribution >= 4 is 34.6 Å². The summed E-state index contributed by atoms with van der Waals surface area (Å²) in [6.45, 7) is 10.5. The van der Waals surface area contributed by atoms with Crippen molar-refractivity contribution in [3.05, 3.63) is 89.5 Å². The molecule has 2 atom stereocenters. The van der Waals surface area contributed by atoms with Gasteiger partial charge in [-0.15, -0.1) is 0 Å². The summed E-state index contributed by atoms with van der Waals surface area (Å²) in [5, 5.41) is 12.3. The van der Waals surface area contributed by atoms with Crippen LogP contribution in [-0.2, 0) is 9.59 Å². The number of amides is 2. The minimum Gasteiger partial charge on any atom is -0.494 e. The maximum absolute atomic E-state index is 14.1. The number of aryl methyl sites for hydroxylation is 2. The highest BCUT2D eigenvalue weighted by Gasteiger charge is 2.50. The monoisotopic (exact) mass is 536 g/mol. The number of carbonyl (C=O) groups is 2. The lowest BCUT2D eigenvalue weighted by molar-refractivity contribution is -0.122. The zero-order chi connectivity index (χ0) is 28.4. The first-order valence-electron chi connectivity index (χ1n) is 13.9. The van der Waals surface area contributed by atoms with Gasteiger partial charge in [-0.2, -0.15) is 10.2 Å². The van der Waals surface area contributed by atoms with Gasteiger partial charge in [0.05, 0.1) is 29.8 Å². The van der Waals surface area contributed by atoms with E-state index in [4.69, 9.17) is 14.9 Å². The van der Waals surface area contributed by atoms with Crippen LogP contribution in [0.5, 0.6) is 5.75 Å². The zero-order valence-corrected chi connectivity index (χ0v) is 23.8. The van der Waals surface area contributed by atoms with Gasteiger partial charge in [0.2, 0.25) is 0 Å². The third kappa shape index (κ3) is 5.28. The smallest absolute Gasteiger partial charge is 0.256 e. The third-order valence-corrected chi connectivity index (χ3v) is 7.65. The summed E-state index contributed by atoms with van der Waals surface area (Å²) in [4.78, 5) is 28.2. The lowest BCUT2D eigenvalue weighted by Crippen LogP contribution is -2.40. The van der Waals surface area contributed by atoms with Crippen molar-refractivity contribution in [1.82, 2.24) is 0 Å². The number of hydrogen-bond acceptors (Lipinski definition) is 5. The summed E-state index contributed by atoms with van der Waals surface area (Å²) >= 11 is 0. The van der Waals surface area contributed by atoms with Gasteiger partial charge in [0.25, 0.3) is 11.8 Å². The fourth-order valence-corrected chi connectivity index (χ4v) is 5.45. The molecule has 0 bridgehead atoms. The Kier molecular flexibility index (Phi) is 7.83. The first-order chi connectivity index (χ1) is 19.3. The van der Waals surface area contributed by atoms with E-state index in [1.54, 1.807) is 0 Å². The van der Waals surface area contributed by atoms with Crippen LogP contribution in [0.25, 0.3) is 0 Å². The van der Waals surface area contributed by atoms with Gasteiger partial charge in [-0.05, 0) is 76.1 Å². The molecule has 0 saturated heterocycles. The van der Waals surface area contributed by atoms with E-state index in [0.29, 0.717) is 29.4 Å². The molecule has 206 valence electrons. The minimum atomic E-state index is -0.635. The van der Waals surface area contributed by atoms with E-state index in [1.165, 1.54) is 10.0 Å². The van der Waals surface area contributed by atoms with Crippen LogP contribution in [-0.4, -0.2) is 29.8 Å². The number of ether oxygens (including phenoxy) is 1. The second kappa shape index (κ2) is 11.5. The van der Waals surface area contributed by atoms with Crippen LogP contribution in [0.2, 0.25) is 0 Å². The zero-order valence-electron chi connectivity index (χ0n) is 23.8. The second-order valence-electron chi connectivity index (χ2n) is 10.7. The van der Waals surface area contributed by atoms with Crippen LogP contribution in [0.15, 0.2) is 83.0 Å². The van der Waals surface area contributed by atoms with E-state index < -0.39 is 17.8 Å². The highest BCUT2D eigenvalue weighted by molar-refractivity contribution is 6.19. The number of carbonyl (C=O) groups excluding carboxylic acids is 2. The van der Waals surface area contributed by atoms with E-state index >= 15 is 0 Å². The maximum atomic E-state index is 14.1. The molecule has 3 aromatic carbocycles. The molecule has 0 aliphatic carbocycles. The molecule has 0 spiro atoms. The van der Waals surface area contributed by atoms with Crippen molar-refractivity contribution in [3.63, 3.8) is 0 Å². The molecule has 3 aromatic rings. The number of rotatable bonds is 9. The topological polar surface area (TPSA) is 74.6 Å². The van der Waals surface area contributed by atoms with Gasteiger partial charge >= 0.3 is 0 Å². The summed E-state index contributed by atoms with van der Waals surface area (Å²) in [6, 6.07) is 23.2. The molecule has 0 aromatic heterocycles. The molecule has 7 nitrogen and oxygen atoms in total. The Balaban J connectivity index is 1.55. The van der Waals surface area contributed by atoms with Gasteiger partial charge in [-0.25, -0.2) is 10.0 Å². The normalized spacial score (nSPS) is 19.6. The molecule has 0 N–H and O–H groups in total. The van der Waals surface area contributed by atoms with Gasteiger partial charge in [-0.3, -0.25) is 9.59 Å². The van der Waals surface area contributed by atoms with E-state index in [9.17, 15) is 9.59 Å². The molecular weight excluding hydrogens is 500 g/mol. The molecule has 2 heterocycles. The molecule has 2 aliphatic heterocycles. The third-order valence-electron chi connectivity index (χ3n) is 7.65. The molecule has 40 heavy (non-hydrogen) atoms. The maximum Gasteiger partial charge on any atom is 0.256 e. The van der Waals surface area contributed by atoms with Gasteiger partial charge in [0.15, 0.2) is 0 Å². The first-order valence-corrected chi connectivity index (χ1v) is 13.9. The molecule has 0 saturated carbocycles. The van der Waals surface area contributed by atoms with Gasteiger partial charge in [-0.1, -0.05) is 60.9 Å². The lowest BCUT2D eigenvalue weighted by Gasteiger charge is -2.29. The Morgan fingerprint density at radius 2 is 1.25 bits per heavy atom. The van der Waals surface area contributed by atoms with Crippen molar-refractivity contribution in [2.45, 2.75) is 53.4 Å². The molecule has 0 fully saturated rings. The summed E-state index contributed by atoms with van der Waals surface area (Å²) in [6.07, 6.45) is 1.98. The molecule has 5 rings (SSSR count). The van der Waals surface area contributed by atoms with E-state index in [1.807, 2.05) is 100 Å². The summed E-state index contributed by atoms with van der Waals surface area (Å²) in [5.41, 5.74) is 5.81. The van der Waals surface area contributed by atoms with Crippen LogP contribution in [0.1, 0.15) is 56.2 Å². The van der Waals surface area contributed by atoms with Gasteiger partial charge < -0.3 is 4.74 Å². The molecule has 7 heteroatoms. The van der Waals surface area contributed by atoms with E-state index in [-0.39, 0.29) is 11.8 Å². The second-order valence-corrected chi connectivity index (χ2v) is 10.7. The van der Waals surface area contributed by atoms with Gasteiger partial charge in [0.1, 0.15) is 5.75 Å². The Morgan fingerprint density at radius 3 is 1.73 bits per heavy atom. The van der Waals surface area contributed by atoms with Crippen LogP contribution in [0, 0.1) is 25.7 Å². The average Bonchev–Trinajstić information content (AvgIpc) is 3.40. The fraction of sp³-hybridized carbons (Fsp3) is 0.333. The molecule has 0 radical (unpaired) electrons.